The third-order valence-electron chi connectivity index (χ3n) is 2.93. The molecule has 0 unspecified atom stereocenters. The predicted molar refractivity (Wildman–Crippen MR) is 63.3 cm³/mol. The van der Waals surface area contributed by atoms with Gasteiger partial charge in [-0.25, -0.2) is 6.08 Å². The fourth-order valence-electron chi connectivity index (χ4n) is 2.29. The monoisotopic (exact) mass is 280 g/mol. The van der Waals surface area contributed by atoms with Gasteiger partial charge in [-0.1, -0.05) is 54.4 Å². The SMILES string of the molecule is C[C-]=C1c2ccccc2-c2ccccc21.[Y]. The first kappa shape index (κ1) is 11.8. The van der Waals surface area contributed by atoms with Crippen LogP contribution in [-0.4, -0.2) is 0 Å². The summed E-state index contributed by atoms with van der Waals surface area (Å²) < 4.78 is 0. The van der Waals surface area contributed by atoms with Gasteiger partial charge in [0.1, 0.15) is 0 Å². The normalized spacial score (nSPS) is 11.4. The summed E-state index contributed by atoms with van der Waals surface area (Å²) in [6, 6.07) is 17.0. The van der Waals surface area contributed by atoms with E-state index in [1.165, 1.54) is 27.8 Å². The quantitative estimate of drug-likeness (QED) is 0.547. The average Bonchev–Trinajstić information content (AvgIpc) is 2.63. The Balaban J connectivity index is 0.000000963. The smallest absolute Gasteiger partial charge is 0 e. The van der Waals surface area contributed by atoms with Crippen LogP contribution in [0.3, 0.4) is 0 Å². The molecule has 2 aromatic rings. The Kier molecular flexibility index (Phi) is 3.42. The zero-order chi connectivity index (χ0) is 10.3. The molecule has 1 aliphatic rings. The molecule has 0 heterocycles. The number of allylic oxidation sites excluding steroid dienone is 1. The summed E-state index contributed by atoms with van der Waals surface area (Å²) in [6.45, 7) is 1.98. The minimum Gasteiger partial charge on any atom is -0.203 e. The zero-order valence-electron chi connectivity index (χ0n) is 9.20. The molecule has 0 bridgehead atoms. The molecule has 0 spiro atoms. The largest absolute Gasteiger partial charge is 0.203 e. The number of benzene rings is 2. The molecule has 0 atom stereocenters. The molecule has 0 amide bonds. The van der Waals surface area contributed by atoms with E-state index in [-0.39, 0.29) is 32.7 Å². The van der Waals surface area contributed by atoms with Crippen LogP contribution in [0.1, 0.15) is 18.1 Å². The summed E-state index contributed by atoms with van der Waals surface area (Å²) in [5.41, 5.74) is 6.51. The molecule has 1 heteroatoms. The van der Waals surface area contributed by atoms with Crippen LogP contribution in [0, 0.1) is 6.08 Å². The molecule has 0 saturated carbocycles. The molecule has 0 nitrogen and oxygen atoms in total. The van der Waals surface area contributed by atoms with Gasteiger partial charge in [0, 0.05) is 32.7 Å². The number of hydrogen-bond acceptors (Lipinski definition) is 0. The fourth-order valence-corrected chi connectivity index (χ4v) is 2.29. The Bertz CT molecular complexity index is 505. The topological polar surface area (TPSA) is 0 Å². The summed E-state index contributed by atoms with van der Waals surface area (Å²) in [6.07, 6.45) is 3.29. The second kappa shape index (κ2) is 4.65. The van der Waals surface area contributed by atoms with E-state index in [0.29, 0.717) is 0 Å². The Labute approximate surface area is 121 Å². The fraction of sp³-hybridized carbons (Fsp3) is 0.0667. The summed E-state index contributed by atoms with van der Waals surface area (Å²) in [7, 11) is 0. The van der Waals surface area contributed by atoms with Crippen molar-refractivity contribution in [1.29, 1.82) is 0 Å². The van der Waals surface area contributed by atoms with Crippen molar-refractivity contribution in [3.05, 3.63) is 65.7 Å². The summed E-state index contributed by atoms with van der Waals surface area (Å²) in [4.78, 5) is 0. The van der Waals surface area contributed by atoms with Crippen LogP contribution in [0.2, 0.25) is 0 Å². The van der Waals surface area contributed by atoms with E-state index in [1.54, 1.807) is 0 Å². The second-order valence-electron chi connectivity index (χ2n) is 3.72. The van der Waals surface area contributed by atoms with E-state index in [1.807, 2.05) is 6.92 Å². The minimum atomic E-state index is 0. The molecule has 0 fully saturated rings. The van der Waals surface area contributed by atoms with Gasteiger partial charge < -0.3 is 0 Å². The van der Waals surface area contributed by atoms with Crippen molar-refractivity contribution in [2.75, 3.05) is 0 Å². The van der Waals surface area contributed by atoms with Gasteiger partial charge in [0.25, 0.3) is 0 Å². The first-order chi connectivity index (χ1) is 7.42. The van der Waals surface area contributed by atoms with E-state index in [4.69, 9.17) is 0 Å². The van der Waals surface area contributed by atoms with Gasteiger partial charge in [0.05, 0.1) is 0 Å². The van der Waals surface area contributed by atoms with Crippen molar-refractivity contribution in [2.45, 2.75) is 6.92 Å². The maximum Gasteiger partial charge on any atom is 0 e. The van der Waals surface area contributed by atoms with Crippen molar-refractivity contribution in [3.8, 4) is 11.1 Å². The van der Waals surface area contributed by atoms with Crippen LogP contribution < -0.4 is 0 Å². The Morgan fingerprint density at radius 3 is 1.44 bits per heavy atom. The van der Waals surface area contributed by atoms with Gasteiger partial charge in [0.15, 0.2) is 0 Å². The van der Waals surface area contributed by atoms with E-state index >= 15 is 0 Å². The molecule has 16 heavy (non-hydrogen) atoms. The molecule has 3 rings (SSSR count). The second-order valence-corrected chi connectivity index (χ2v) is 3.72. The van der Waals surface area contributed by atoms with Crippen molar-refractivity contribution < 1.29 is 32.7 Å². The number of fused-ring (bicyclic) bond motifs is 3. The Morgan fingerprint density at radius 1 is 0.688 bits per heavy atom. The minimum absolute atomic E-state index is 0. The van der Waals surface area contributed by atoms with Crippen molar-refractivity contribution in [2.24, 2.45) is 0 Å². The van der Waals surface area contributed by atoms with Gasteiger partial charge >= 0.3 is 0 Å². The molecule has 1 radical (unpaired) electrons. The first-order valence-electron chi connectivity index (χ1n) is 5.15. The van der Waals surface area contributed by atoms with Gasteiger partial charge in [-0.3, -0.25) is 0 Å². The third-order valence-corrected chi connectivity index (χ3v) is 2.93. The van der Waals surface area contributed by atoms with Crippen LogP contribution in [-0.2, 0) is 32.7 Å². The van der Waals surface area contributed by atoms with Crippen LogP contribution in [0.4, 0.5) is 0 Å². The first-order valence-corrected chi connectivity index (χ1v) is 5.15. The van der Waals surface area contributed by atoms with Crippen molar-refractivity contribution >= 4 is 5.57 Å². The maximum atomic E-state index is 3.29. The molecule has 0 N–H and O–H groups in total. The van der Waals surface area contributed by atoms with E-state index in [0.717, 1.165) is 0 Å². The zero-order valence-corrected chi connectivity index (χ0v) is 12.0. The molecular formula is C15H11Y-. The number of rotatable bonds is 0. The molecule has 75 valence electrons. The van der Waals surface area contributed by atoms with Gasteiger partial charge in [-0.15, -0.1) is 23.3 Å². The average molecular weight is 280 g/mol. The van der Waals surface area contributed by atoms with Crippen LogP contribution in [0.25, 0.3) is 16.7 Å². The van der Waals surface area contributed by atoms with Crippen LogP contribution in [0.5, 0.6) is 0 Å². The maximum absolute atomic E-state index is 3.29. The van der Waals surface area contributed by atoms with E-state index < -0.39 is 0 Å². The number of hydrogen-bond donors (Lipinski definition) is 0. The molecule has 2 aromatic carbocycles. The standard InChI is InChI=1S/C15H11.Y/c1-2-11-12-7-3-5-9-14(12)15-10-6-4-8-13(11)15;/h3-10H,1H3;/q-1;. The van der Waals surface area contributed by atoms with Gasteiger partial charge in [-0.05, 0) is 0 Å². The molecule has 1 aliphatic carbocycles. The molecule has 0 aliphatic heterocycles. The Morgan fingerprint density at radius 2 is 1.06 bits per heavy atom. The predicted octanol–water partition coefficient (Wildman–Crippen LogP) is 3.92. The third kappa shape index (κ3) is 1.61. The van der Waals surface area contributed by atoms with Gasteiger partial charge in [-0.2, -0.15) is 5.57 Å². The molecule has 0 aromatic heterocycles. The van der Waals surface area contributed by atoms with Crippen molar-refractivity contribution in [3.63, 3.8) is 0 Å². The van der Waals surface area contributed by atoms with Crippen LogP contribution in [0.15, 0.2) is 48.5 Å². The summed E-state index contributed by atoms with van der Waals surface area (Å²) in [5, 5.41) is 0. The van der Waals surface area contributed by atoms with Gasteiger partial charge in [0.2, 0.25) is 0 Å². The van der Waals surface area contributed by atoms with E-state index in [2.05, 4.69) is 54.6 Å². The summed E-state index contributed by atoms with van der Waals surface area (Å²) in [5.74, 6) is 0. The molecule has 0 saturated heterocycles. The van der Waals surface area contributed by atoms with E-state index in [9.17, 15) is 0 Å². The molecular weight excluding hydrogens is 269 g/mol. The van der Waals surface area contributed by atoms with Crippen molar-refractivity contribution in [1.82, 2.24) is 0 Å². The Hall–Kier alpha value is -0.716. The summed E-state index contributed by atoms with van der Waals surface area (Å²) >= 11 is 0. The van der Waals surface area contributed by atoms with Crippen LogP contribution >= 0.6 is 0 Å².